The predicted octanol–water partition coefficient (Wildman–Crippen LogP) is 1.53. The van der Waals surface area contributed by atoms with Crippen molar-refractivity contribution < 1.29 is 4.52 Å². The third-order valence-corrected chi connectivity index (χ3v) is 2.22. The van der Waals surface area contributed by atoms with Gasteiger partial charge >= 0.3 is 0 Å². The van der Waals surface area contributed by atoms with Crippen LogP contribution in [0.4, 0.5) is 0 Å². The van der Waals surface area contributed by atoms with Crippen molar-refractivity contribution in [2.75, 3.05) is 6.54 Å². The van der Waals surface area contributed by atoms with Crippen molar-refractivity contribution in [2.45, 2.75) is 33.1 Å². The van der Waals surface area contributed by atoms with E-state index in [1.165, 1.54) is 0 Å². The van der Waals surface area contributed by atoms with Gasteiger partial charge in [-0.15, -0.1) is 0 Å². The molecule has 0 unspecified atom stereocenters. The fourth-order valence-electron chi connectivity index (χ4n) is 1.55. The first kappa shape index (κ1) is 9.26. The van der Waals surface area contributed by atoms with Crippen LogP contribution in [-0.2, 0) is 5.41 Å². The summed E-state index contributed by atoms with van der Waals surface area (Å²) in [7, 11) is 0. The van der Waals surface area contributed by atoms with E-state index in [1.54, 1.807) is 0 Å². The highest BCUT2D eigenvalue weighted by molar-refractivity contribution is 5.29. The fraction of sp³-hybridized carbons (Fsp3) is 0.667. The molecule has 0 radical (unpaired) electrons. The van der Waals surface area contributed by atoms with Gasteiger partial charge < -0.3 is 10.3 Å². The molecule has 3 heteroatoms. The van der Waals surface area contributed by atoms with Crippen LogP contribution in [0.2, 0.25) is 0 Å². The Morgan fingerprint density at radius 3 is 2.33 bits per heavy atom. The lowest BCUT2D eigenvalue weighted by molar-refractivity contribution is 0.388. The molecule has 1 heterocycles. The normalized spacial score (nSPS) is 12.1. The molecule has 3 nitrogen and oxygen atoms in total. The Bertz CT molecular complexity index is 257. The van der Waals surface area contributed by atoms with Gasteiger partial charge in [-0.3, -0.25) is 0 Å². The van der Waals surface area contributed by atoms with E-state index in [0.29, 0.717) is 6.54 Å². The third-order valence-electron chi connectivity index (χ3n) is 2.22. The second kappa shape index (κ2) is 2.90. The number of hydrogen-bond donors (Lipinski definition) is 1. The molecule has 0 aliphatic rings. The summed E-state index contributed by atoms with van der Waals surface area (Å²) in [6.45, 7) is 8.67. The van der Waals surface area contributed by atoms with E-state index in [1.807, 2.05) is 13.8 Å². The van der Waals surface area contributed by atoms with Crippen LogP contribution in [-0.4, -0.2) is 11.7 Å². The fourth-order valence-corrected chi connectivity index (χ4v) is 1.55. The van der Waals surface area contributed by atoms with Gasteiger partial charge in [0, 0.05) is 17.5 Å². The lowest BCUT2D eigenvalue weighted by Crippen LogP contribution is -2.29. The van der Waals surface area contributed by atoms with Crippen molar-refractivity contribution in [3.05, 3.63) is 17.0 Å². The second-order valence-electron chi connectivity index (χ2n) is 3.79. The molecule has 0 aliphatic carbocycles. The zero-order chi connectivity index (χ0) is 9.35. The zero-order valence-electron chi connectivity index (χ0n) is 8.14. The number of nitrogens with two attached hydrogens (primary N) is 1. The number of rotatable bonds is 2. The van der Waals surface area contributed by atoms with E-state index >= 15 is 0 Å². The van der Waals surface area contributed by atoms with Crippen LogP contribution in [0.15, 0.2) is 4.52 Å². The van der Waals surface area contributed by atoms with Gasteiger partial charge in [0.2, 0.25) is 0 Å². The molecular formula is C9H16N2O. The lowest BCUT2D eigenvalue weighted by atomic mass is 9.83. The van der Waals surface area contributed by atoms with E-state index in [0.717, 1.165) is 17.0 Å². The van der Waals surface area contributed by atoms with Crippen molar-refractivity contribution >= 4 is 0 Å². The van der Waals surface area contributed by atoms with Crippen LogP contribution in [0.1, 0.15) is 30.9 Å². The van der Waals surface area contributed by atoms with Crippen molar-refractivity contribution in [2.24, 2.45) is 5.73 Å². The summed E-state index contributed by atoms with van der Waals surface area (Å²) >= 11 is 0. The van der Waals surface area contributed by atoms with Crippen LogP contribution in [0.25, 0.3) is 0 Å². The number of hydrogen-bond acceptors (Lipinski definition) is 3. The summed E-state index contributed by atoms with van der Waals surface area (Å²) in [5.41, 5.74) is 7.72. The summed E-state index contributed by atoms with van der Waals surface area (Å²) in [5.74, 6) is 0.878. The molecule has 1 rings (SSSR count). The minimum atomic E-state index is -0.0336. The predicted molar refractivity (Wildman–Crippen MR) is 48.1 cm³/mol. The average Bonchev–Trinajstić information content (AvgIpc) is 2.31. The molecule has 2 N–H and O–H groups in total. The van der Waals surface area contributed by atoms with E-state index in [4.69, 9.17) is 10.3 Å². The first-order valence-electron chi connectivity index (χ1n) is 4.12. The molecule has 0 atom stereocenters. The molecule has 0 fully saturated rings. The van der Waals surface area contributed by atoms with Crippen LogP contribution in [0.5, 0.6) is 0 Å². The summed E-state index contributed by atoms with van der Waals surface area (Å²) in [6.07, 6.45) is 0. The smallest absolute Gasteiger partial charge is 0.137 e. The third kappa shape index (κ3) is 1.37. The Morgan fingerprint density at radius 2 is 2.00 bits per heavy atom. The van der Waals surface area contributed by atoms with Crippen LogP contribution >= 0.6 is 0 Å². The maximum atomic E-state index is 5.67. The lowest BCUT2D eigenvalue weighted by Gasteiger charge is -2.21. The Labute approximate surface area is 72.9 Å². The van der Waals surface area contributed by atoms with Gasteiger partial charge in [0.05, 0.1) is 5.69 Å². The second-order valence-corrected chi connectivity index (χ2v) is 3.79. The molecule has 0 aromatic carbocycles. The quantitative estimate of drug-likeness (QED) is 0.728. The molecule has 0 spiro atoms. The Hall–Kier alpha value is -0.830. The highest BCUT2D eigenvalue weighted by Gasteiger charge is 2.26. The summed E-state index contributed by atoms with van der Waals surface area (Å²) in [6, 6.07) is 0. The molecule has 68 valence electrons. The van der Waals surface area contributed by atoms with Crippen molar-refractivity contribution in [1.29, 1.82) is 0 Å². The summed E-state index contributed by atoms with van der Waals surface area (Å²) < 4.78 is 5.08. The van der Waals surface area contributed by atoms with E-state index in [9.17, 15) is 0 Å². The largest absolute Gasteiger partial charge is 0.361 e. The van der Waals surface area contributed by atoms with Crippen LogP contribution in [0.3, 0.4) is 0 Å². The Morgan fingerprint density at radius 1 is 1.42 bits per heavy atom. The molecule has 1 aromatic heterocycles. The van der Waals surface area contributed by atoms with Gasteiger partial charge in [-0.1, -0.05) is 19.0 Å². The summed E-state index contributed by atoms with van der Waals surface area (Å²) in [5, 5.41) is 3.90. The molecule has 1 aromatic rings. The monoisotopic (exact) mass is 168 g/mol. The molecular weight excluding hydrogens is 152 g/mol. The first-order valence-corrected chi connectivity index (χ1v) is 4.12. The van der Waals surface area contributed by atoms with Gasteiger partial charge in [0.1, 0.15) is 5.76 Å². The number of nitrogens with zero attached hydrogens (tertiary/aromatic N) is 1. The first-order chi connectivity index (χ1) is 5.49. The Kier molecular flexibility index (Phi) is 2.24. The molecule has 12 heavy (non-hydrogen) atoms. The molecule has 0 bridgehead atoms. The van der Waals surface area contributed by atoms with Crippen molar-refractivity contribution in [1.82, 2.24) is 5.16 Å². The van der Waals surface area contributed by atoms with Crippen LogP contribution < -0.4 is 5.73 Å². The van der Waals surface area contributed by atoms with E-state index < -0.39 is 0 Å². The molecule has 0 saturated heterocycles. The molecule has 0 amide bonds. The highest BCUT2D eigenvalue weighted by Crippen LogP contribution is 2.27. The molecule has 0 aliphatic heterocycles. The van der Waals surface area contributed by atoms with Gasteiger partial charge in [-0.05, 0) is 13.8 Å². The average molecular weight is 168 g/mol. The standard InChI is InChI=1S/C9H16N2O/c1-6-8(7(2)12-11-6)9(3,4)5-10/h5,10H2,1-4H3. The highest BCUT2D eigenvalue weighted by atomic mass is 16.5. The van der Waals surface area contributed by atoms with Gasteiger partial charge in [-0.2, -0.15) is 0 Å². The van der Waals surface area contributed by atoms with E-state index in [2.05, 4.69) is 19.0 Å². The van der Waals surface area contributed by atoms with Crippen molar-refractivity contribution in [3.63, 3.8) is 0 Å². The number of aryl methyl sites for hydroxylation is 2. The maximum absolute atomic E-state index is 5.67. The zero-order valence-corrected chi connectivity index (χ0v) is 8.14. The SMILES string of the molecule is Cc1noc(C)c1C(C)(C)CN. The maximum Gasteiger partial charge on any atom is 0.137 e. The molecule has 0 saturated carbocycles. The van der Waals surface area contributed by atoms with Gasteiger partial charge in [0.15, 0.2) is 0 Å². The summed E-state index contributed by atoms with van der Waals surface area (Å²) in [4.78, 5) is 0. The minimum absolute atomic E-state index is 0.0336. The van der Waals surface area contributed by atoms with Crippen molar-refractivity contribution in [3.8, 4) is 0 Å². The topological polar surface area (TPSA) is 52.0 Å². The van der Waals surface area contributed by atoms with Crippen LogP contribution in [0, 0.1) is 13.8 Å². The van der Waals surface area contributed by atoms with E-state index in [-0.39, 0.29) is 5.41 Å². The Balaban J connectivity index is 3.17. The minimum Gasteiger partial charge on any atom is -0.361 e. The van der Waals surface area contributed by atoms with Gasteiger partial charge in [-0.25, -0.2) is 0 Å². The van der Waals surface area contributed by atoms with Gasteiger partial charge in [0.25, 0.3) is 0 Å². The number of aromatic nitrogens is 1.